The van der Waals surface area contributed by atoms with E-state index >= 15 is 0 Å². The van der Waals surface area contributed by atoms with E-state index in [1.807, 2.05) is 18.7 Å². The molecule has 1 fully saturated rings. The lowest BCUT2D eigenvalue weighted by atomic mass is 9.93. The molecule has 1 amide bonds. The number of furan rings is 1. The smallest absolute Gasteiger partial charge is 0.287 e. The highest BCUT2D eigenvalue weighted by Crippen LogP contribution is 2.27. The largest absolute Gasteiger partial charge is 0.459 e. The summed E-state index contributed by atoms with van der Waals surface area (Å²) < 4.78 is 7.27. The fourth-order valence-corrected chi connectivity index (χ4v) is 3.35. The number of aliphatic imine (C=N–C) groups is 1. The van der Waals surface area contributed by atoms with Crippen molar-refractivity contribution in [2.45, 2.75) is 26.3 Å². The zero-order valence-corrected chi connectivity index (χ0v) is 16.0. The molecule has 1 saturated heterocycles. The molecule has 8 heteroatoms. The maximum atomic E-state index is 11.9. The van der Waals surface area contributed by atoms with E-state index in [-0.39, 0.29) is 5.91 Å². The van der Waals surface area contributed by atoms with E-state index in [2.05, 4.69) is 38.9 Å². The van der Waals surface area contributed by atoms with Gasteiger partial charge in [0.2, 0.25) is 0 Å². The van der Waals surface area contributed by atoms with Gasteiger partial charge >= 0.3 is 0 Å². The van der Waals surface area contributed by atoms with Gasteiger partial charge < -0.3 is 24.5 Å². The Hall–Kier alpha value is -2.77. The van der Waals surface area contributed by atoms with Gasteiger partial charge in [0.25, 0.3) is 5.91 Å². The molecular weight excluding hydrogens is 344 g/mol. The molecule has 3 heterocycles. The van der Waals surface area contributed by atoms with Crippen molar-refractivity contribution < 1.29 is 9.21 Å². The highest BCUT2D eigenvalue weighted by Gasteiger charge is 2.28. The van der Waals surface area contributed by atoms with E-state index in [9.17, 15) is 4.79 Å². The SMILES string of the molecule is CCNC(=NCCNC(=O)c1ccco1)N1CCC(C)C(n2ccnc2)C1. The molecule has 146 valence electrons. The van der Waals surface area contributed by atoms with Gasteiger partial charge in [-0.1, -0.05) is 6.92 Å². The van der Waals surface area contributed by atoms with E-state index in [1.165, 1.54) is 6.26 Å². The predicted octanol–water partition coefficient (Wildman–Crippen LogP) is 1.75. The number of carbonyl (C=O) groups excluding carboxylic acids is 1. The third-order valence-corrected chi connectivity index (χ3v) is 4.86. The van der Waals surface area contributed by atoms with Crippen LogP contribution < -0.4 is 10.6 Å². The van der Waals surface area contributed by atoms with Crippen LogP contribution in [0.3, 0.4) is 0 Å². The summed E-state index contributed by atoms with van der Waals surface area (Å²) in [5.74, 6) is 1.58. The second kappa shape index (κ2) is 9.25. The first-order valence-corrected chi connectivity index (χ1v) is 9.51. The Morgan fingerprint density at radius 1 is 1.44 bits per heavy atom. The van der Waals surface area contributed by atoms with Crippen LogP contribution in [0.5, 0.6) is 0 Å². The first-order valence-electron chi connectivity index (χ1n) is 9.51. The Bertz CT molecular complexity index is 725. The third-order valence-electron chi connectivity index (χ3n) is 4.86. The van der Waals surface area contributed by atoms with Gasteiger partial charge in [0, 0.05) is 38.6 Å². The van der Waals surface area contributed by atoms with Gasteiger partial charge in [0.1, 0.15) is 0 Å². The molecule has 1 aliphatic rings. The van der Waals surface area contributed by atoms with Crippen molar-refractivity contribution in [1.82, 2.24) is 25.1 Å². The van der Waals surface area contributed by atoms with Crippen LogP contribution in [0.1, 0.15) is 36.9 Å². The third kappa shape index (κ3) is 4.90. The quantitative estimate of drug-likeness (QED) is 0.458. The number of amides is 1. The van der Waals surface area contributed by atoms with Gasteiger partial charge in [0.05, 0.1) is 25.2 Å². The second-order valence-corrected chi connectivity index (χ2v) is 6.76. The average Bonchev–Trinajstić information content (AvgIpc) is 3.38. The number of hydrogen-bond donors (Lipinski definition) is 2. The molecule has 1 aliphatic heterocycles. The zero-order valence-electron chi connectivity index (χ0n) is 16.0. The minimum absolute atomic E-state index is 0.216. The lowest BCUT2D eigenvalue weighted by Crippen LogP contribution is -2.49. The van der Waals surface area contributed by atoms with E-state index in [0.717, 1.165) is 32.0 Å². The zero-order chi connectivity index (χ0) is 19.1. The molecular formula is C19H28N6O2. The van der Waals surface area contributed by atoms with Crippen LogP contribution in [0.15, 0.2) is 46.5 Å². The van der Waals surface area contributed by atoms with Crippen LogP contribution in [0.25, 0.3) is 0 Å². The maximum absolute atomic E-state index is 11.9. The molecule has 0 saturated carbocycles. The number of carbonyl (C=O) groups is 1. The molecule has 27 heavy (non-hydrogen) atoms. The molecule has 2 aromatic rings. The van der Waals surface area contributed by atoms with Gasteiger partial charge in [-0.2, -0.15) is 0 Å². The minimum Gasteiger partial charge on any atom is -0.459 e. The number of hydrogen-bond acceptors (Lipinski definition) is 4. The molecule has 3 rings (SSSR count). The normalized spacial score (nSPS) is 20.5. The molecule has 0 aliphatic carbocycles. The number of imidazole rings is 1. The Labute approximate surface area is 159 Å². The van der Waals surface area contributed by atoms with Gasteiger partial charge in [-0.15, -0.1) is 0 Å². The topological polar surface area (TPSA) is 87.7 Å². The van der Waals surface area contributed by atoms with Crippen molar-refractivity contribution in [3.63, 3.8) is 0 Å². The van der Waals surface area contributed by atoms with Crippen LogP contribution in [0.2, 0.25) is 0 Å². The minimum atomic E-state index is -0.216. The first kappa shape index (κ1) is 19.0. The van der Waals surface area contributed by atoms with Crippen molar-refractivity contribution in [3.8, 4) is 0 Å². The van der Waals surface area contributed by atoms with Crippen LogP contribution >= 0.6 is 0 Å². The van der Waals surface area contributed by atoms with E-state index < -0.39 is 0 Å². The number of guanidine groups is 1. The summed E-state index contributed by atoms with van der Waals surface area (Å²) in [4.78, 5) is 23.1. The predicted molar refractivity (Wildman–Crippen MR) is 104 cm³/mol. The van der Waals surface area contributed by atoms with Crippen LogP contribution in [-0.4, -0.2) is 59.0 Å². The standard InChI is InChI=1S/C19H28N6O2/c1-3-21-19(23-8-7-22-18(26)17-5-4-12-27-17)24-10-6-15(2)16(13-24)25-11-9-20-14-25/h4-5,9,11-12,14-16H,3,6-8,10,13H2,1-2H3,(H,21,23)(H,22,26). The van der Waals surface area contributed by atoms with Crippen molar-refractivity contribution in [3.05, 3.63) is 42.9 Å². The Morgan fingerprint density at radius 2 is 2.33 bits per heavy atom. The second-order valence-electron chi connectivity index (χ2n) is 6.76. The summed E-state index contributed by atoms with van der Waals surface area (Å²) in [6.45, 7) is 7.99. The molecule has 0 spiro atoms. The number of likely N-dealkylation sites (tertiary alicyclic amines) is 1. The van der Waals surface area contributed by atoms with Gasteiger partial charge in [-0.05, 0) is 31.4 Å². The maximum Gasteiger partial charge on any atom is 0.287 e. The van der Waals surface area contributed by atoms with Gasteiger partial charge in [-0.3, -0.25) is 9.79 Å². The number of piperidine rings is 1. The van der Waals surface area contributed by atoms with Crippen LogP contribution in [0, 0.1) is 5.92 Å². The molecule has 0 aromatic carbocycles. The van der Waals surface area contributed by atoms with Crippen molar-refractivity contribution in [2.24, 2.45) is 10.9 Å². The highest BCUT2D eigenvalue weighted by atomic mass is 16.3. The van der Waals surface area contributed by atoms with E-state index in [1.54, 1.807) is 12.1 Å². The van der Waals surface area contributed by atoms with Crippen LogP contribution in [0.4, 0.5) is 0 Å². The fraction of sp³-hybridized carbons (Fsp3) is 0.526. The molecule has 0 bridgehead atoms. The average molecular weight is 372 g/mol. The summed E-state index contributed by atoms with van der Waals surface area (Å²) >= 11 is 0. The summed E-state index contributed by atoms with van der Waals surface area (Å²) in [5, 5.41) is 6.19. The first-order chi connectivity index (χ1) is 13.2. The van der Waals surface area contributed by atoms with E-state index in [4.69, 9.17) is 9.41 Å². The number of rotatable bonds is 6. The summed E-state index contributed by atoms with van der Waals surface area (Å²) in [7, 11) is 0. The fourth-order valence-electron chi connectivity index (χ4n) is 3.35. The number of nitrogens with one attached hydrogen (secondary N) is 2. The molecule has 8 nitrogen and oxygen atoms in total. The summed E-state index contributed by atoms with van der Waals surface area (Å²) in [6.07, 6.45) is 8.33. The van der Waals surface area contributed by atoms with Crippen molar-refractivity contribution >= 4 is 11.9 Å². The molecule has 2 atom stereocenters. The Balaban J connectivity index is 1.57. The number of aromatic nitrogens is 2. The molecule has 2 unspecified atom stereocenters. The van der Waals surface area contributed by atoms with Gasteiger partial charge in [-0.25, -0.2) is 4.98 Å². The van der Waals surface area contributed by atoms with Gasteiger partial charge in [0.15, 0.2) is 11.7 Å². The Morgan fingerprint density at radius 3 is 3.04 bits per heavy atom. The van der Waals surface area contributed by atoms with Crippen molar-refractivity contribution in [1.29, 1.82) is 0 Å². The Kier molecular flexibility index (Phi) is 6.51. The summed E-state index contributed by atoms with van der Waals surface area (Å²) in [6, 6.07) is 3.72. The highest BCUT2D eigenvalue weighted by molar-refractivity contribution is 5.91. The molecule has 2 N–H and O–H groups in total. The van der Waals surface area contributed by atoms with Crippen molar-refractivity contribution in [2.75, 3.05) is 32.7 Å². The molecule has 0 radical (unpaired) electrons. The van der Waals surface area contributed by atoms with E-state index in [0.29, 0.717) is 30.8 Å². The summed E-state index contributed by atoms with van der Waals surface area (Å²) in [5.41, 5.74) is 0. The molecule has 2 aromatic heterocycles. The number of nitrogens with zero attached hydrogens (tertiary/aromatic N) is 4. The monoisotopic (exact) mass is 372 g/mol. The lowest BCUT2D eigenvalue weighted by molar-refractivity contribution is 0.0927. The van der Waals surface area contributed by atoms with Crippen LogP contribution in [-0.2, 0) is 0 Å². The lowest BCUT2D eigenvalue weighted by Gasteiger charge is -2.39.